The molecule has 1 amide bonds. The molecule has 0 fully saturated rings. The number of rotatable bonds is 8. The smallest absolute Gasteiger partial charge is 0.277 e. The molecule has 1 N–H and O–H groups in total. The topological polar surface area (TPSA) is 110 Å². The number of nitrogens with one attached hydrogen (secondary N) is 1. The van der Waals surface area contributed by atoms with Gasteiger partial charge < -0.3 is 19.2 Å². The van der Waals surface area contributed by atoms with Crippen molar-refractivity contribution in [1.82, 2.24) is 10.2 Å². The van der Waals surface area contributed by atoms with Gasteiger partial charge in [0.1, 0.15) is 6.07 Å². The Morgan fingerprint density at radius 3 is 2.71 bits per heavy atom. The number of methoxy groups -OCH3 is 1. The Hall–Kier alpha value is -3.51. The van der Waals surface area contributed by atoms with Gasteiger partial charge in [-0.3, -0.25) is 4.79 Å². The van der Waals surface area contributed by atoms with Gasteiger partial charge in [0.2, 0.25) is 5.91 Å². The van der Waals surface area contributed by atoms with Gasteiger partial charge in [-0.25, -0.2) is 0 Å². The molecule has 0 bridgehead atoms. The van der Waals surface area contributed by atoms with E-state index in [0.29, 0.717) is 22.7 Å². The highest BCUT2D eigenvalue weighted by Gasteiger charge is 2.12. The number of carbonyl (C=O) groups excluding carboxylic acids is 1. The summed E-state index contributed by atoms with van der Waals surface area (Å²) in [5, 5.41) is 19.8. The lowest BCUT2D eigenvalue weighted by molar-refractivity contribution is -0.113. The van der Waals surface area contributed by atoms with Gasteiger partial charge in [-0.15, -0.1) is 10.2 Å². The highest BCUT2D eigenvalue weighted by Crippen LogP contribution is 2.27. The van der Waals surface area contributed by atoms with Gasteiger partial charge in [-0.05, 0) is 24.3 Å². The number of hydrogen-bond acceptors (Lipinski definition) is 8. The summed E-state index contributed by atoms with van der Waals surface area (Å²) in [4.78, 5) is 12.1. The predicted octanol–water partition coefficient (Wildman–Crippen LogP) is 3.26. The van der Waals surface area contributed by atoms with Crippen molar-refractivity contribution in [2.75, 3.05) is 18.2 Å². The summed E-state index contributed by atoms with van der Waals surface area (Å²) >= 11 is 1.10. The van der Waals surface area contributed by atoms with Crippen LogP contribution in [0.1, 0.15) is 11.5 Å². The highest BCUT2D eigenvalue weighted by atomic mass is 32.2. The lowest BCUT2D eigenvalue weighted by Crippen LogP contribution is -2.14. The first kappa shape index (κ1) is 19.3. The summed E-state index contributed by atoms with van der Waals surface area (Å²) in [6.07, 6.45) is 0. The Morgan fingerprint density at radius 2 is 1.93 bits per heavy atom. The van der Waals surface area contributed by atoms with Crippen LogP contribution in [0.5, 0.6) is 11.5 Å². The number of nitrogens with zero attached hydrogens (tertiary/aromatic N) is 3. The van der Waals surface area contributed by atoms with Crippen molar-refractivity contribution >= 4 is 23.4 Å². The SMILES string of the molecule is COc1ccccc1OCc1nnc(SCC(=O)Nc2ccccc2C#N)o1. The summed E-state index contributed by atoms with van der Waals surface area (Å²) < 4.78 is 16.3. The van der Waals surface area contributed by atoms with Crippen LogP contribution in [0.15, 0.2) is 58.2 Å². The summed E-state index contributed by atoms with van der Waals surface area (Å²) in [6.45, 7) is 0.0790. The third-order valence-electron chi connectivity index (χ3n) is 3.52. The van der Waals surface area contributed by atoms with Crippen molar-refractivity contribution in [3.05, 3.63) is 60.0 Å². The molecular weight excluding hydrogens is 380 g/mol. The maximum atomic E-state index is 12.1. The Balaban J connectivity index is 1.50. The fourth-order valence-corrected chi connectivity index (χ4v) is 2.82. The van der Waals surface area contributed by atoms with E-state index in [1.54, 1.807) is 43.5 Å². The van der Waals surface area contributed by atoms with Crippen molar-refractivity contribution in [2.45, 2.75) is 11.8 Å². The largest absolute Gasteiger partial charge is 0.493 e. The van der Waals surface area contributed by atoms with Crippen LogP contribution in [0.2, 0.25) is 0 Å². The van der Waals surface area contributed by atoms with Crippen LogP contribution in [0, 0.1) is 11.3 Å². The second kappa shape index (κ2) is 9.43. The van der Waals surface area contributed by atoms with E-state index in [4.69, 9.17) is 19.2 Å². The molecule has 0 aliphatic rings. The third-order valence-corrected chi connectivity index (χ3v) is 4.34. The van der Waals surface area contributed by atoms with E-state index in [9.17, 15) is 4.79 Å². The maximum absolute atomic E-state index is 12.1. The first-order valence-corrected chi connectivity index (χ1v) is 9.18. The molecule has 3 aromatic rings. The number of hydrogen-bond donors (Lipinski definition) is 1. The summed E-state index contributed by atoms with van der Waals surface area (Å²) in [7, 11) is 1.56. The van der Waals surface area contributed by atoms with Crippen LogP contribution in [0.4, 0.5) is 5.69 Å². The minimum absolute atomic E-state index is 0.0642. The molecule has 2 aromatic carbocycles. The first-order chi connectivity index (χ1) is 13.7. The van der Waals surface area contributed by atoms with Crippen LogP contribution >= 0.6 is 11.8 Å². The van der Waals surface area contributed by atoms with E-state index < -0.39 is 0 Å². The molecule has 1 heterocycles. The average molecular weight is 396 g/mol. The van der Waals surface area contributed by atoms with Gasteiger partial charge >= 0.3 is 0 Å². The van der Waals surface area contributed by atoms with Crippen molar-refractivity contribution in [3.8, 4) is 17.6 Å². The predicted molar refractivity (Wildman–Crippen MR) is 102 cm³/mol. The molecule has 3 rings (SSSR count). The van der Waals surface area contributed by atoms with E-state index in [2.05, 4.69) is 15.5 Å². The Kier molecular flexibility index (Phi) is 6.49. The molecule has 0 aliphatic carbocycles. The van der Waals surface area contributed by atoms with Crippen molar-refractivity contribution < 1.29 is 18.7 Å². The Labute approximate surface area is 165 Å². The molecule has 1 aromatic heterocycles. The minimum atomic E-state index is -0.280. The number of para-hydroxylation sites is 3. The number of carbonyl (C=O) groups is 1. The Morgan fingerprint density at radius 1 is 1.18 bits per heavy atom. The molecular formula is C19H16N4O4S. The molecule has 142 valence electrons. The normalized spacial score (nSPS) is 10.1. The number of ether oxygens (including phenoxy) is 2. The molecule has 9 heteroatoms. The third kappa shape index (κ3) is 5.02. The molecule has 0 saturated carbocycles. The van der Waals surface area contributed by atoms with E-state index in [1.165, 1.54) is 0 Å². The number of anilines is 1. The van der Waals surface area contributed by atoms with Gasteiger partial charge in [-0.1, -0.05) is 36.0 Å². The molecule has 0 radical (unpaired) electrons. The van der Waals surface area contributed by atoms with Gasteiger partial charge in [0.05, 0.1) is 24.1 Å². The van der Waals surface area contributed by atoms with Crippen LogP contribution in [0.25, 0.3) is 0 Å². The van der Waals surface area contributed by atoms with E-state index in [-0.39, 0.29) is 29.4 Å². The molecule has 0 atom stereocenters. The summed E-state index contributed by atoms with van der Waals surface area (Å²) in [5.74, 6) is 1.23. The zero-order valence-electron chi connectivity index (χ0n) is 14.9. The standard InChI is InChI=1S/C19H16N4O4S/c1-25-15-8-4-5-9-16(15)26-11-18-22-23-19(27-18)28-12-17(24)21-14-7-3-2-6-13(14)10-20/h2-9H,11-12H2,1H3,(H,21,24). The van der Waals surface area contributed by atoms with Crippen LogP contribution in [0.3, 0.4) is 0 Å². The fraction of sp³-hybridized carbons (Fsp3) is 0.158. The zero-order chi connectivity index (χ0) is 19.8. The Bertz CT molecular complexity index is 999. The molecule has 0 unspecified atom stereocenters. The van der Waals surface area contributed by atoms with Crippen molar-refractivity contribution in [1.29, 1.82) is 5.26 Å². The lowest BCUT2D eigenvalue weighted by Gasteiger charge is -2.08. The number of aromatic nitrogens is 2. The molecule has 0 spiro atoms. The van der Waals surface area contributed by atoms with Crippen molar-refractivity contribution in [2.24, 2.45) is 0 Å². The number of amides is 1. The van der Waals surface area contributed by atoms with E-state index >= 15 is 0 Å². The fourth-order valence-electron chi connectivity index (χ4n) is 2.24. The first-order valence-electron chi connectivity index (χ1n) is 8.19. The molecule has 8 nitrogen and oxygen atoms in total. The lowest BCUT2D eigenvalue weighted by atomic mass is 10.2. The highest BCUT2D eigenvalue weighted by molar-refractivity contribution is 7.99. The van der Waals surface area contributed by atoms with Crippen LogP contribution < -0.4 is 14.8 Å². The number of thioether (sulfide) groups is 1. The van der Waals surface area contributed by atoms with E-state index in [0.717, 1.165) is 11.8 Å². The summed E-state index contributed by atoms with van der Waals surface area (Å²) in [5.41, 5.74) is 0.862. The minimum Gasteiger partial charge on any atom is -0.493 e. The average Bonchev–Trinajstić information content (AvgIpc) is 3.19. The van der Waals surface area contributed by atoms with Crippen LogP contribution in [-0.2, 0) is 11.4 Å². The zero-order valence-corrected chi connectivity index (χ0v) is 15.7. The van der Waals surface area contributed by atoms with Crippen LogP contribution in [-0.4, -0.2) is 29.0 Å². The number of benzene rings is 2. The monoisotopic (exact) mass is 396 g/mol. The van der Waals surface area contributed by atoms with Gasteiger partial charge in [-0.2, -0.15) is 5.26 Å². The second-order valence-corrected chi connectivity index (χ2v) is 6.32. The van der Waals surface area contributed by atoms with Gasteiger partial charge in [0.25, 0.3) is 11.1 Å². The molecule has 0 aliphatic heterocycles. The molecule has 0 saturated heterocycles. The van der Waals surface area contributed by atoms with Gasteiger partial charge in [0.15, 0.2) is 18.1 Å². The van der Waals surface area contributed by atoms with Crippen molar-refractivity contribution in [3.63, 3.8) is 0 Å². The summed E-state index contributed by atoms with van der Waals surface area (Å²) in [6, 6.07) is 16.0. The van der Waals surface area contributed by atoms with E-state index in [1.807, 2.05) is 18.2 Å². The second-order valence-electron chi connectivity index (χ2n) is 5.40. The van der Waals surface area contributed by atoms with Gasteiger partial charge in [0, 0.05) is 0 Å². The number of nitriles is 1. The maximum Gasteiger partial charge on any atom is 0.277 e. The quantitative estimate of drug-likeness (QED) is 0.578. The molecule has 28 heavy (non-hydrogen) atoms.